The average molecular weight is 231 g/mol. The summed E-state index contributed by atoms with van der Waals surface area (Å²) in [5.74, 6) is 0.107. The molecule has 0 aliphatic heterocycles. The third-order valence-corrected chi connectivity index (χ3v) is 2.41. The molecule has 0 spiro atoms. The van der Waals surface area contributed by atoms with Crippen LogP contribution in [0.1, 0.15) is 12.0 Å². The third-order valence-electron chi connectivity index (χ3n) is 2.09. The number of nitrogens with one attached hydrogen (secondary N) is 1. The summed E-state index contributed by atoms with van der Waals surface area (Å²) >= 11 is 4.07. The van der Waals surface area contributed by atoms with Crippen LogP contribution in [0.2, 0.25) is 0 Å². The first-order valence-corrected chi connectivity index (χ1v) is 5.63. The first-order chi connectivity index (χ1) is 7.24. The molecule has 0 atom stereocenters. The summed E-state index contributed by atoms with van der Waals surface area (Å²) in [6.07, 6.45) is 1.49. The number of halogens is 2. The molecule has 1 aromatic rings. The Kier molecular flexibility index (Phi) is 5.65. The van der Waals surface area contributed by atoms with Gasteiger partial charge in [0.05, 0.1) is 0 Å². The van der Waals surface area contributed by atoms with E-state index in [1.165, 1.54) is 12.1 Å². The van der Waals surface area contributed by atoms with Crippen molar-refractivity contribution in [3.63, 3.8) is 0 Å². The Morgan fingerprint density at radius 3 is 2.73 bits per heavy atom. The molecule has 1 N–H and O–H groups in total. The van der Waals surface area contributed by atoms with Gasteiger partial charge in [-0.15, -0.1) is 0 Å². The van der Waals surface area contributed by atoms with Gasteiger partial charge in [-0.3, -0.25) is 0 Å². The van der Waals surface area contributed by atoms with Crippen LogP contribution in [0.4, 0.5) is 8.78 Å². The normalized spacial score (nSPS) is 10.6. The minimum absolute atomic E-state index is 0.340. The minimum atomic E-state index is -0.387. The monoisotopic (exact) mass is 231 g/mol. The molecule has 84 valence electrons. The van der Waals surface area contributed by atoms with Gasteiger partial charge < -0.3 is 5.32 Å². The van der Waals surface area contributed by atoms with Gasteiger partial charge in [-0.1, -0.05) is 0 Å². The van der Waals surface area contributed by atoms with Crippen LogP contribution in [-0.4, -0.2) is 18.8 Å². The van der Waals surface area contributed by atoms with Crippen molar-refractivity contribution in [2.24, 2.45) is 0 Å². The largest absolute Gasteiger partial charge is 0.316 e. The van der Waals surface area contributed by atoms with Gasteiger partial charge in [-0.2, -0.15) is 12.6 Å². The highest BCUT2D eigenvalue weighted by atomic mass is 32.1. The molecule has 0 aliphatic rings. The lowest BCUT2D eigenvalue weighted by Crippen LogP contribution is -2.19. The number of thiol groups is 1. The van der Waals surface area contributed by atoms with Crippen molar-refractivity contribution in [2.45, 2.75) is 12.8 Å². The van der Waals surface area contributed by atoms with Gasteiger partial charge in [0.15, 0.2) is 0 Å². The fourth-order valence-corrected chi connectivity index (χ4v) is 1.45. The Morgan fingerprint density at radius 1 is 1.20 bits per heavy atom. The van der Waals surface area contributed by atoms with Crippen molar-refractivity contribution < 1.29 is 8.78 Å². The van der Waals surface area contributed by atoms with Gasteiger partial charge in [0, 0.05) is 0 Å². The molecule has 0 fully saturated rings. The summed E-state index contributed by atoms with van der Waals surface area (Å²) in [6.45, 7) is 1.52. The Labute approximate surface area is 94.3 Å². The molecule has 0 radical (unpaired) electrons. The van der Waals surface area contributed by atoms with Gasteiger partial charge in [-0.25, -0.2) is 8.78 Å². The number of benzene rings is 1. The molecule has 1 nitrogen and oxygen atoms in total. The third kappa shape index (κ3) is 4.62. The Bertz CT molecular complexity index is 305. The molecular weight excluding hydrogens is 216 g/mol. The SMILES string of the molecule is Fc1ccc(F)c(CCNCCCS)c1. The topological polar surface area (TPSA) is 12.0 Å². The molecule has 0 heterocycles. The van der Waals surface area contributed by atoms with Crippen LogP contribution in [0.25, 0.3) is 0 Å². The lowest BCUT2D eigenvalue weighted by Gasteiger charge is -2.05. The highest BCUT2D eigenvalue weighted by molar-refractivity contribution is 7.80. The molecule has 0 saturated heterocycles. The van der Waals surface area contributed by atoms with E-state index in [-0.39, 0.29) is 11.6 Å². The van der Waals surface area contributed by atoms with Gasteiger partial charge in [-0.05, 0) is 55.4 Å². The van der Waals surface area contributed by atoms with Gasteiger partial charge in [0.2, 0.25) is 0 Å². The van der Waals surface area contributed by atoms with Gasteiger partial charge >= 0.3 is 0 Å². The summed E-state index contributed by atoms with van der Waals surface area (Å²) in [6, 6.07) is 3.54. The lowest BCUT2D eigenvalue weighted by molar-refractivity contribution is 0.576. The number of hydrogen-bond acceptors (Lipinski definition) is 2. The summed E-state index contributed by atoms with van der Waals surface area (Å²) < 4.78 is 25.9. The van der Waals surface area contributed by atoms with E-state index >= 15 is 0 Å². The van der Waals surface area contributed by atoms with Crippen LogP contribution >= 0.6 is 12.6 Å². The highest BCUT2D eigenvalue weighted by Gasteiger charge is 2.02. The molecule has 0 saturated carbocycles. The number of rotatable bonds is 6. The van der Waals surface area contributed by atoms with Gasteiger partial charge in [0.25, 0.3) is 0 Å². The fourth-order valence-electron chi connectivity index (χ4n) is 1.29. The molecular formula is C11H15F2NS. The first kappa shape index (κ1) is 12.5. The van der Waals surface area contributed by atoms with Crippen molar-refractivity contribution in [2.75, 3.05) is 18.8 Å². The molecule has 0 aromatic heterocycles. The van der Waals surface area contributed by atoms with Crippen LogP contribution in [0.3, 0.4) is 0 Å². The van der Waals surface area contributed by atoms with E-state index in [4.69, 9.17) is 0 Å². The Hall–Kier alpha value is -0.610. The quantitative estimate of drug-likeness (QED) is 0.566. The molecule has 0 aliphatic carbocycles. The zero-order valence-corrected chi connectivity index (χ0v) is 9.37. The lowest BCUT2D eigenvalue weighted by atomic mass is 10.1. The van der Waals surface area contributed by atoms with Crippen molar-refractivity contribution in [3.8, 4) is 0 Å². The molecule has 15 heavy (non-hydrogen) atoms. The second-order valence-electron chi connectivity index (χ2n) is 3.31. The second kappa shape index (κ2) is 6.80. The molecule has 1 rings (SSSR count). The maximum atomic E-state index is 13.1. The standard InChI is InChI=1S/C11H15F2NS/c12-10-2-3-11(13)9(8-10)4-6-14-5-1-7-15/h2-3,8,14-15H,1,4-7H2. The van der Waals surface area contributed by atoms with Crippen LogP contribution < -0.4 is 5.32 Å². The predicted molar refractivity (Wildman–Crippen MR) is 61.4 cm³/mol. The molecule has 1 aromatic carbocycles. The van der Waals surface area contributed by atoms with Crippen LogP contribution in [-0.2, 0) is 6.42 Å². The van der Waals surface area contributed by atoms with E-state index in [0.29, 0.717) is 18.5 Å². The summed E-state index contributed by atoms with van der Waals surface area (Å²) in [5.41, 5.74) is 0.424. The smallest absolute Gasteiger partial charge is 0.126 e. The van der Waals surface area contributed by atoms with Crippen LogP contribution in [0, 0.1) is 11.6 Å². The van der Waals surface area contributed by atoms with Crippen molar-refractivity contribution in [1.82, 2.24) is 5.32 Å². The van der Waals surface area contributed by atoms with Crippen molar-refractivity contribution in [3.05, 3.63) is 35.4 Å². The molecule has 0 bridgehead atoms. The van der Waals surface area contributed by atoms with Gasteiger partial charge in [0.1, 0.15) is 11.6 Å². The molecule has 4 heteroatoms. The van der Waals surface area contributed by atoms with Crippen LogP contribution in [0.15, 0.2) is 18.2 Å². The predicted octanol–water partition coefficient (Wildman–Crippen LogP) is 2.42. The second-order valence-corrected chi connectivity index (χ2v) is 3.76. The number of hydrogen-bond donors (Lipinski definition) is 2. The van der Waals surface area contributed by atoms with E-state index < -0.39 is 0 Å². The van der Waals surface area contributed by atoms with E-state index in [9.17, 15) is 8.78 Å². The van der Waals surface area contributed by atoms with Crippen LogP contribution in [0.5, 0.6) is 0 Å². The Balaban J connectivity index is 2.33. The minimum Gasteiger partial charge on any atom is -0.316 e. The van der Waals surface area contributed by atoms with E-state index in [2.05, 4.69) is 17.9 Å². The Morgan fingerprint density at radius 2 is 2.00 bits per heavy atom. The molecule has 0 unspecified atom stereocenters. The van der Waals surface area contributed by atoms with E-state index in [1.54, 1.807) is 0 Å². The first-order valence-electron chi connectivity index (χ1n) is 4.99. The molecule has 0 amide bonds. The summed E-state index contributed by atoms with van der Waals surface area (Å²) in [4.78, 5) is 0. The fraction of sp³-hybridized carbons (Fsp3) is 0.455. The van der Waals surface area contributed by atoms with E-state index in [1.807, 2.05) is 0 Å². The van der Waals surface area contributed by atoms with Crippen molar-refractivity contribution >= 4 is 12.6 Å². The zero-order valence-electron chi connectivity index (χ0n) is 8.47. The maximum absolute atomic E-state index is 13.1. The van der Waals surface area contributed by atoms with E-state index in [0.717, 1.165) is 24.8 Å². The summed E-state index contributed by atoms with van der Waals surface area (Å²) in [7, 11) is 0. The maximum Gasteiger partial charge on any atom is 0.126 e. The van der Waals surface area contributed by atoms with Crippen molar-refractivity contribution in [1.29, 1.82) is 0 Å². The average Bonchev–Trinajstić information content (AvgIpc) is 2.23. The zero-order chi connectivity index (χ0) is 11.1. The summed E-state index contributed by atoms with van der Waals surface area (Å²) in [5, 5.41) is 3.14. The highest BCUT2D eigenvalue weighted by Crippen LogP contribution is 2.09.